The molecule has 0 fully saturated rings. The summed E-state index contributed by atoms with van der Waals surface area (Å²) in [6, 6.07) is 7.97. The fraction of sp³-hybridized carbons (Fsp3) is 0.167. The largest absolute Gasteiger partial charge is 0.399 e. The fourth-order valence-electron chi connectivity index (χ4n) is 1.46. The molecule has 1 atom stereocenters. The first-order chi connectivity index (χ1) is 7.75. The third-order valence-corrected chi connectivity index (χ3v) is 2.36. The summed E-state index contributed by atoms with van der Waals surface area (Å²) in [6.45, 7) is 2.07. The van der Waals surface area contributed by atoms with Gasteiger partial charge in [0.1, 0.15) is 5.82 Å². The van der Waals surface area contributed by atoms with Gasteiger partial charge in [0.2, 0.25) is 0 Å². The predicted octanol–water partition coefficient (Wildman–Crippen LogP) is 2.23. The Morgan fingerprint density at radius 3 is 2.56 bits per heavy atom. The molecule has 0 saturated heterocycles. The summed E-state index contributed by atoms with van der Waals surface area (Å²) in [5.41, 5.74) is 7.58. The van der Waals surface area contributed by atoms with Crippen molar-refractivity contribution in [3.05, 3.63) is 48.4 Å². The van der Waals surface area contributed by atoms with Crippen molar-refractivity contribution in [1.29, 1.82) is 0 Å². The molecular weight excluding hydrogens is 200 g/mol. The van der Waals surface area contributed by atoms with Gasteiger partial charge in [-0.1, -0.05) is 12.1 Å². The lowest BCUT2D eigenvalue weighted by Gasteiger charge is -2.14. The Kier molecular flexibility index (Phi) is 3.00. The Balaban J connectivity index is 2.09. The Morgan fingerprint density at radius 2 is 1.94 bits per heavy atom. The second-order valence-corrected chi connectivity index (χ2v) is 3.62. The Bertz CT molecular complexity index is 438. The maximum atomic E-state index is 5.64. The number of hydrogen-bond acceptors (Lipinski definition) is 4. The lowest BCUT2D eigenvalue weighted by molar-refractivity contribution is 0.871. The minimum atomic E-state index is 0.178. The van der Waals surface area contributed by atoms with E-state index in [4.69, 9.17) is 5.73 Å². The van der Waals surface area contributed by atoms with Crippen molar-refractivity contribution in [2.75, 3.05) is 11.1 Å². The number of hydrogen-bond donors (Lipinski definition) is 2. The molecule has 0 aliphatic rings. The monoisotopic (exact) mass is 214 g/mol. The second-order valence-electron chi connectivity index (χ2n) is 3.62. The van der Waals surface area contributed by atoms with Crippen LogP contribution in [0.4, 0.5) is 11.5 Å². The first-order valence-corrected chi connectivity index (χ1v) is 5.13. The van der Waals surface area contributed by atoms with Gasteiger partial charge in [-0.05, 0) is 24.6 Å². The number of aromatic nitrogens is 2. The first kappa shape index (κ1) is 10.4. The molecule has 2 aromatic rings. The summed E-state index contributed by atoms with van der Waals surface area (Å²) < 4.78 is 0. The lowest BCUT2D eigenvalue weighted by Crippen LogP contribution is -2.07. The third kappa shape index (κ3) is 2.48. The average Bonchev–Trinajstić information content (AvgIpc) is 2.31. The van der Waals surface area contributed by atoms with Gasteiger partial charge in [-0.25, -0.2) is 4.98 Å². The van der Waals surface area contributed by atoms with Gasteiger partial charge in [0, 0.05) is 24.1 Å². The van der Waals surface area contributed by atoms with Crippen molar-refractivity contribution in [2.45, 2.75) is 13.0 Å². The van der Waals surface area contributed by atoms with E-state index in [1.54, 1.807) is 18.6 Å². The normalized spacial score (nSPS) is 12.1. The molecule has 3 N–H and O–H groups in total. The van der Waals surface area contributed by atoms with Gasteiger partial charge in [0.25, 0.3) is 0 Å². The Morgan fingerprint density at radius 1 is 1.19 bits per heavy atom. The maximum Gasteiger partial charge on any atom is 0.144 e. The molecule has 1 aromatic carbocycles. The van der Waals surface area contributed by atoms with E-state index in [0.717, 1.165) is 11.5 Å². The number of nitrogens with one attached hydrogen (secondary N) is 1. The smallest absolute Gasteiger partial charge is 0.144 e. The quantitative estimate of drug-likeness (QED) is 0.769. The zero-order valence-electron chi connectivity index (χ0n) is 9.09. The van der Waals surface area contributed by atoms with Crippen LogP contribution >= 0.6 is 0 Å². The average molecular weight is 214 g/mol. The molecule has 0 radical (unpaired) electrons. The molecule has 2 rings (SSSR count). The van der Waals surface area contributed by atoms with E-state index in [2.05, 4.69) is 22.2 Å². The fourth-order valence-corrected chi connectivity index (χ4v) is 1.46. The summed E-state index contributed by atoms with van der Waals surface area (Å²) in [5, 5.41) is 3.26. The highest BCUT2D eigenvalue weighted by Crippen LogP contribution is 2.17. The zero-order valence-corrected chi connectivity index (χ0v) is 9.09. The molecule has 0 saturated carbocycles. The third-order valence-electron chi connectivity index (χ3n) is 2.36. The van der Waals surface area contributed by atoms with Gasteiger partial charge in [0.15, 0.2) is 0 Å². The summed E-state index contributed by atoms with van der Waals surface area (Å²) >= 11 is 0. The number of nitrogens with two attached hydrogens (primary N) is 1. The van der Waals surface area contributed by atoms with Crippen LogP contribution in [0.3, 0.4) is 0 Å². The maximum absolute atomic E-state index is 5.64. The van der Waals surface area contributed by atoms with Crippen LogP contribution in [0.15, 0.2) is 42.9 Å². The topological polar surface area (TPSA) is 63.8 Å². The highest BCUT2D eigenvalue weighted by molar-refractivity contribution is 5.42. The molecule has 16 heavy (non-hydrogen) atoms. The Hall–Kier alpha value is -2.10. The number of nitrogen functional groups attached to an aromatic ring is 1. The molecule has 0 amide bonds. The minimum Gasteiger partial charge on any atom is -0.399 e. The van der Waals surface area contributed by atoms with Crippen molar-refractivity contribution in [3.8, 4) is 0 Å². The van der Waals surface area contributed by atoms with E-state index in [1.807, 2.05) is 24.3 Å². The number of nitrogens with zero attached hydrogens (tertiary/aromatic N) is 2. The van der Waals surface area contributed by atoms with Crippen molar-refractivity contribution >= 4 is 11.5 Å². The van der Waals surface area contributed by atoms with Crippen LogP contribution in [0.1, 0.15) is 18.5 Å². The highest BCUT2D eigenvalue weighted by atomic mass is 15.0. The molecule has 1 heterocycles. The van der Waals surface area contributed by atoms with Gasteiger partial charge in [-0.3, -0.25) is 4.98 Å². The standard InChI is InChI=1S/C12H14N4/c1-9(10-2-4-11(13)5-3-10)16-12-8-14-6-7-15-12/h2-9H,13H2,1H3,(H,15,16). The van der Waals surface area contributed by atoms with Crippen LogP contribution in [0.2, 0.25) is 0 Å². The molecule has 0 bridgehead atoms. The van der Waals surface area contributed by atoms with Gasteiger partial charge in [-0.15, -0.1) is 0 Å². The summed E-state index contributed by atoms with van der Waals surface area (Å²) in [7, 11) is 0. The minimum absolute atomic E-state index is 0.178. The van der Waals surface area contributed by atoms with Crippen LogP contribution in [0.25, 0.3) is 0 Å². The van der Waals surface area contributed by atoms with E-state index in [-0.39, 0.29) is 6.04 Å². The van der Waals surface area contributed by atoms with Crippen LogP contribution in [-0.4, -0.2) is 9.97 Å². The number of rotatable bonds is 3. The van der Waals surface area contributed by atoms with Crippen LogP contribution < -0.4 is 11.1 Å². The van der Waals surface area contributed by atoms with Crippen LogP contribution in [0, 0.1) is 0 Å². The summed E-state index contributed by atoms with van der Waals surface area (Å²) in [4.78, 5) is 8.16. The van der Waals surface area contributed by atoms with Crippen molar-refractivity contribution in [2.24, 2.45) is 0 Å². The van der Waals surface area contributed by atoms with Gasteiger partial charge in [0.05, 0.1) is 6.20 Å². The molecule has 4 nitrogen and oxygen atoms in total. The molecule has 1 aromatic heterocycles. The summed E-state index contributed by atoms with van der Waals surface area (Å²) in [6.07, 6.45) is 5.02. The first-order valence-electron chi connectivity index (χ1n) is 5.13. The van der Waals surface area contributed by atoms with Crippen LogP contribution in [-0.2, 0) is 0 Å². The molecule has 82 valence electrons. The molecule has 4 heteroatoms. The zero-order chi connectivity index (χ0) is 11.4. The Labute approximate surface area is 94.5 Å². The molecule has 1 unspecified atom stereocenters. The molecule has 0 spiro atoms. The van der Waals surface area contributed by atoms with Gasteiger partial charge in [-0.2, -0.15) is 0 Å². The van der Waals surface area contributed by atoms with E-state index in [9.17, 15) is 0 Å². The number of benzene rings is 1. The SMILES string of the molecule is CC(Nc1cnccn1)c1ccc(N)cc1. The van der Waals surface area contributed by atoms with E-state index >= 15 is 0 Å². The second kappa shape index (κ2) is 4.61. The van der Waals surface area contributed by atoms with E-state index < -0.39 is 0 Å². The summed E-state index contributed by atoms with van der Waals surface area (Å²) in [5.74, 6) is 0.770. The van der Waals surface area contributed by atoms with Crippen molar-refractivity contribution in [1.82, 2.24) is 9.97 Å². The van der Waals surface area contributed by atoms with E-state index in [0.29, 0.717) is 0 Å². The molecule has 0 aliphatic carbocycles. The van der Waals surface area contributed by atoms with Crippen molar-refractivity contribution in [3.63, 3.8) is 0 Å². The van der Waals surface area contributed by atoms with Gasteiger partial charge >= 0.3 is 0 Å². The predicted molar refractivity (Wildman–Crippen MR) is 64.9 cm³/mol. The molecular formula is C12H14N4. The van der Waals surface area contributed by atoms with Gasteiger partial charge < -0.3 is 11.1 Å². The lowest BCUT2D eigenvalue weighted by atomic mass is 10.1. The van der Waals surface area contributed by atoms with E-state index in [1.165, 1.54) is 5.56 Å². The highest BCUT2D eigenvalue weighted by Gasteiger charge is 2.05. The van der Waals surface area contributed by atoms with Crippen LogP contribution in [0.5, 0.6) is 0 Å². The number of anilines is 2. The van der Waals surface area contributed by atoms with Crippen molar-refractivity contribution < 1.29 is 0 Å². The molecule has 0 aliphatic heterocycles.